The maximum atomic E-state index is 12.1. The van der Waals surface area contributed by atoms with Crippen molar-refractivity contribution in [3.05, 3.63) is 29.1 Å². The summed E-state index contributed by atoms with van der Waals surface area (Å²) < 4.78 is 0. The fraction of sp³-hybridized carbons (Fsp3) is 0.556. The number of fused-ring (bicyclic) bond motifs is 2. The van der Waals surface area contributed by atoms with Crippen molar-refractivity contribution in [3.8, 4) is 0 Å². The minimum absolute atomic E-state index is 0.126. The number of aryl methyl sites for hydroxylation is 1. The maximum Gasteiger partial charge on any atom is 0.267 e. The molecule has 0 spiro atoms. The molecule has 5 nitrogen and oxygen atoms in total. The van der Waals surface area contributed by atoms with Crippen LogP contribution in [-0.2, 0) is 12.8 Å². The first-order valence-electron chi connectivity index (χ1n) is 8.38. The van der Waals surface area contributed by atoms with Crippen molar-refractivity contribution in [3.63, 3.8) is 0 Å². The van der Waals surface area contributed by atoms with Gasteiger partial charge < -0.3 is 16.0 Å². The molecular weight excluding hydrogens is 288 g/mol. The third-order valence-corrected chi connectivity index (χ3v) is 4.87. The van der Waals surface area contributed by atoms with Crippen molar-refractivity contribution in [1.82, 2.24) is 15.3 Å². The Morgan fingerprint density at radius 1 is 1.43 bits per heavy atom. The van der Waals surface area contributed by atoms with Crippen molar-refractivity contribution in [2.75, 3.05) is 13.1 Å². The Kier molecular flexibility index (Phi) is 4.15. The van der Waals surface area contributed by atoms with Crippen LogP contribution < -0.4 is 11.1 Å². The normalized spacial score (nSPS) is 18.0. The molecule has 2 heterocycles. The lowest BCUT2D eigenvalue weighted by atomic mass is 9.71. The van der Waals surface area contributed by atoms with Gasteiger partial charge in [0, 0.05) is 18.8 Å². The van der Waals surface area contributed by atoms with Crippen LogP contribution in [0.1, 0.15) is 48.9 Å². The topological polar surface area (TPSA) is 83.8 Å². The highest BCUT2D eigenvalue weighted by Crippen LogP contribution is 2.37. The number of nitrogens with two attached hydrogens (primary N) is 1. The van der Waals surface area contributed by atoms with Gasteiger partial charge in [0.15, 0.2) is 0 Å². The van der Waals surface area contributed by atoms with E-state index >= 15 is 0 Å². The summed E-state index contributed by atoms with van der Waals surface area (Å²) in [5.41, 5.74) is 10.6. The van der Waals surface area contributed by atoms with E-state index in [1.54, 1.807) is 0 Å². The van der Waals surface area contributed by atoms with Gasteiger partial charge in [-0.15, -0.1) is 0 Å². The molecule has 0 saturated heterocycles. The van der Waals surface area contributed by atoms with Crippen molar-refractivity contribution in [1.29, 1.82) is 0 Å². The summed E-state index contributed by atoms with van der Waals surface area (Å²) in [5.74, 6) is 0.551. The van der Waals surface area contributed by atoms with Gasteiger partial charge in [-0.2, -0.15) is 0 Å². The Morgan fingerprint density at radius 3 is 2.91 bits per heavy atom. The smallest absolute Gasteiger partial charge is 0.267 e. The van der Waals surface area contributed by atoms with Crippen LogP contribution in [0.5, 0.6) is 0 Å². The highest BCUT2D eigenvalue weighted by molar-refractivity contribution is 5.97. The molecule has 1 amide bonds. The molecule has 0 aromatic carbocycles. The Morgan fingerprint density at radius 2 is 2.22 bits per heavy atom. The number of carbonyl (C=O) groups is 1. The molecular formula is C18H26N4O. The molecule has 3 rings (SSSR count). The number of pyridine rings is 1. The number of H-pyrrole nitrogens is 1. The molecule has 0 fully saturated rings. The van der Waals surface area contributed by atoms with E-state index in [9.17, 15) is 4.79 Å². The third kappa shape index (κ3) is 3.24. The summed E-state index contributed by atoms with van der Waals surface area (Å²) in [6.07, 6.45) is 3.27. The van der Waals surface area contributed by atoms with E-state index in [2.05, 4.69) is 37.1 Å². The van der Waals surface area contributed by atoms with Gasteiger partial charge in [0.2, 0.25) is 0 Å². The SMILES string of the molecule is CC(C)(C)C1CCc2nc3cc(C(=O)NCCN)[nH]c3cc2C1. The highest BCUT2D eigenvalue weighted by atomic mass is 16.1. The molecule has 1 aliphatic carbocycles. The van der Waals surface area contributed by atoms with E-state index in [0.29, 0.717) is 30.1 Å². The number of nitrogens with zero attached hydrogens (tertiary/aromatic N) is 1. The predicted octanol–water partition coefficient (Wildman–Crippen LogP) is 2.40. The van der Waals surface area contributed by atoms with Gasteiger partial charge in [-0.05, 0) is 48.3 Å². The molecule has 23 heavy (non-hydrogen) atoms. The fourth-order valence-corrected chi connectivity index (χ4v) is 3.35. The average molecular weight is 314 g/mol. The minimum Gasteiger partial charge on any atom is -0.350 e. The molecule has 5 heteroatoms. The van der Waals surface area contributed by atoms with E-state index in [4.69, 9.17) is 10.7 Å². The number of hydrogen-bond donors (Lipinski definition) is 3. The molecule has 2 aromatic rings. The van der Waals surface area contributed by atoms with Crippen molar-refractivity contribution in [2.45, 2.75) is 40.0 Å². The van der Waals surface area contributed by atoms with Gasteiger partial charge in [0.05, 0.1) is 11.0 Å². The van der Waals surface area contributed by atoms with E-state index in [1.807, 2.05) is 6.07 Å². The first-order chi connectivity index (χ1) is 10.9. The van der Waals surface area contributed by atoms with E-state index in [0.717, 1.165) is 23.9 Å². The van der Waals surface area contributed by atoms with E-state index < -0.39 is 0 Å². The quantitative estimate of drug-likeness (QED) is 0.813. The third-order valence-electron chi connectivity index (χ3n) is 4.87. The minimum atomic E-state index is -0.126. The number of aromatic amines is 1. The molecule has 0 saturated carbocycles. The Hall–Kier alpha value is -1.88. The first kappa shape index (κ1) is 16.0. The maximum absolute atomic E-state index is 12.1. The molecule has 1 unspecified atom stereocenters. The van der Waals surface area contributed by atoms with Crippen LogP contribution in [0.15, 0.2) is 12.1 Å². The zero-order valence-corrected chi connectivity index (χ0v) is 14.2. The van der Waals surface area contributed by atoms with Crippen LogP contribution in [0.3, 0.4) is 0 Å². The molecule has 0 radical (unpaired) electrons. The predicted molar refractivity (Wildman–Crippen MR) is 92.5 cm³/mol. The number of rotatable bonds is 3. The standard InChI is InChI=1S/C18H26N4O/c1-18(2,3)12-4-5-13-11(8-12)9-14-15(21-13)10-16(22-14)17(23)20-7-6-19/h9-10,12,22H,4-8,19H2,1-3H3,(H,20,23). The Balaban J connectivity index is 1.89. The van der Waals surface area contributed by atoms with Crippen LogP contribution in [0.4, 0.5) is 0 Å². The van der Waals surface area contributed by atoms with Crippen molar-refractivity contribution >= 4 is 16.9 Å². The monoisotopic (exact) mass is 314 g/mol. The number of amides is 1. The number of aromatic nitrogens is 2. The zero-order chi connectivity index (χ0) is 16.6. The zero-order valence-electron chi connectivity index (χ0n) is 14.2. The second kappa shape index (κ2) is 5.96. The number of carbonyl (C=O) groups excluding carboxylic acids is 1. The average Bonchev–Trinajstić information content (AvgIpc) is 2.91. The lowest BCUT2D eigenvalue weighted by molar-refractivity contribution is 0.0950. The Bertz CT molecular complexity index is 726. The second-order valence-electron chi connectivity index (χ2n) is 7.56. The largest absolute Gasteiger partial charge is 0.350 e. The first-order valence-corrected chi connectivity index (χ1v) is 8.38. The summed E-state index contributed by atoms with van der Waals surface area (Å²) in [6.45, 7) is 7.84. The van der Waals surface area contributed by atoms with E-state index in [-0.39, 0.29) is 5.91 Å². The lowest BCUT2D eigenvalue weighted by Gasteiger charge is -2.34. The summed E-state index contributed by atoms with van der Waals surface area (Å²) in [7, 11) is 0. The van der Waals surface area contributed by atoms with Gasteiger partial charge >= 0.3 is 0 Å². The van der Waals surface area contributed by atoms with Crippen molar-refractivity contribution in [2.24, 2.45) is 17.1 Å². The van der Waals surface area contributed by atoms with Gasteiger partial charge in [0.25, 0.3) is 5.91 Å². The molecule has 4 N–H and O–H groups in total. The van der Waals surface area contributed by atoms with Crippen molar-refractivity contribution < 1.29 is 4.79 Å². The highest BCUT2D eigenvalue weighted by Gasteiger charge is 2.29. The molecule has 124 valence electrons. The Labute approximate surface area is 137 Å². The van der Waals surface area contributed by atoms with E-state index in [1.165, 1.54) is 17.7 Å². The molecule has 1 atom stereocenters. The van der Waals surface area contributed by atoms with Crippen LogP contribution >= 0.6 is 0 Å². The van der Waals surface area contributed by atoms with Crippen LogP contribution in [0, 0.1) is 11.3 Å². The van der Waals surface area contributed by atoms with Gasteiger partial charge in [0.1, 0.15) is 5.69 Å². The fourth-order valence-electron chi connectivity index (χ4n) is 3.35. The van der Waals surface area contributed by atoms with Crippen LogP contribution in [0.25, 0.3) is 11.0 Å². The summed E-state index contributed by atoms with van der Waals surface area (Å²) >= 11 is 0. The lowest BCUT2D eigenvalue weighted by Crippen LogP contribution is -2.29. The van der Waals surface area contributed by atoms with Crippen LogP contribution in [-0.4, -0.2) is 29.0 Å². The van der Waals surface area contributed by atoms with Crippen LogP contribution in [0.2, 0.25) is 0 Å². The summed E-state index contributed by atoms with van der Waals surface area (Å²) in [6, 6.07) is 4.01. The molecule has 2 aromatic heterocycles. The number of hydrogen-bond acceptors (Lipinski definition) is 3. The summed E-state index contributed by atoms with van der Waals surface area (Å²) in [4.78, 5) is 20.0. The molecule has 0 bridgehead atoms. The number of nitrogens with one attached hydrogen (secondary N) is 2. The van der Waals surface area contributed by atoms with Gasteiger partial charge in [-0.25, -0.2) is 0 Å². The molecule has 1 aliphatic rings. The van der Waals surface area contributed by atoms with Gasteiger partial charge in [-0.1, -0.05) is 20.8 Å². The van der Waals surface area contributed by atoms with Gasteiger partial charge in [-0.3, -0.25) is 9.78 Å². The summed E-state index contributed by atoms with van der Waals surface area (Å²) in [5, 5.41) is 2.78. The second-order valence-corrected chi connectivity index (χ2v) is 7.56. The molecule has 0 aliphatic heterocycles.